The number of pyridine rings is 2. The second-order valence-corrected chi connectivity index (χ2v) is 5.75. The summed E-state index contributed by atoms with van der Waals surface area (Å²) in [6.07, 6.45) is 5.43. The summed E-state index contributed by atoms with van der Waals surface area (Å²) < 4.78 is 5.48. The van der Waals surface area contributed by atoms with E-state index in [1.54, 1.807) is 19.5 Å². The number of ether oxygens (including phenoxy) is 1. The van der Waals surface area contributed by atoms with Crippen molar-refractivity contribution in [3.8, 4) is 17.0 Å². The largest absolute Gasteiger partial charge is 0.495 e. The highest BCUT2D eigenvalue weighted by Gasteiger charge is 2.09. The molecule has 4 aromatic rings. The second-order valence-electron chi connectivity index (χ2n) is 5.75. The Hall–Kier alpha value is -3.34. The number of benzene rings is 1. The van der Waals surface area contributed by atoms with Gasteiger partial charge in [-0.25, -0.2) is 0 Å². The van der Waals surface area contributed by atoms with E-state index < -0.39 is 0 Å². The zero-order chi connectivity index (χ0) is 17.1. The molecule has 4 rings (SSSR count). The zero-order valence-electron chi connectivity index (χ0n) is 13.9. The van der Waals surface area contributed by atoms with E-state index in [4.69, 9.17) is 4.74 Å². The van der Waals surface area contributed by atoms with Crippen LogP contribution in [0.3, 0.4) is 0 Å². The predicted octanol–water partition coefficient (Wildman–Crippen LogP) is 4.25. The van der Waals surface area contributed by atoms with Gasteiger partial charge in [0, 0.05) is 36.4 Å². The molecule has 0 bridgehead atoms. The third kappa shape index (κ3) is 3.17. The smallest absolute Gasteiger partial charge is 0.142 e. The molecule has 0 aliphatic rings. The minimum atomic E-state index is 0.682. The summed E-state index contributed by atoms with van der Waals surface area (Å²) in [7, 11) is 1.68. The molecule has 25 heavy (non-hydrogen) atoms. The molecule has 0 unspecified atom stereocenters. The van der Waals surface area contributed by atoms with Crippen molar-refractivity contribution >= 4 is 16.7 Å². The highest BCUT2D eigenvalue weighted by atomic mass is 16.5. The van der Waals surface area contributed by atoms with Crippen molar-refractivity contribution in [3.05, 3.63) is 72.7 Å². The number of fused-ring (bicyclic) bond motifs is 1. The molecule has 0 atom stereocenters. The topological polar surface area (TPSA) is 62.8 Å². The van der Waals surface area contributed by atoms with E-state index in [0.717, 1.165) is 39.3 Å². The first kappa shape index (κ1) is 15.2. The average molecular weight is 330 g/mol. The second kappa shape index (κ2) is 6.65. The lowest BCUT2D eigenvalue weighted by Crippen LogP contribution is -2.02. The van der Waals surface area contributed by atoms with Gasteiger partial charge in [0.15, 0.2) is 0 Å². The first-order valence-corrected chi connectivity index (χ1v) is 8.08. The average Bonchev–Trinajstić information content (AvgIpc) is 3.11. The maximum atomic E-state index is 5.48. The molecule has 1 aromatic carbocycles. The summed E-state index contributed by atoms with van der Waals surface area (Å²) in [5.41, 5.74) is 6.14. The summed E-state index contributed by atoms with van der Waals surface area (Å²) in [6, 6.07) is 16.1. The van der Waals surface area contributed by atoms with Gasteiger partial charge in [-0.2, -0.15) is 0 Å². The van der Waals surface area contributed by atoms with E-state index in [0.29, 0.717) is 6.54 Å². The van der Waals surface area contributed by atoms with E-state index in [1.807, 2.05) is 42.6 Å². The Kier molecular flexibility index (Phi) is 4.04. The van der Waals surface area contributed by atoms with Gasteiger partial charge in [0.25, 0.3) is 0 Å². The molecule has 0 fully saturated rings. The summed E-state index contributed by atoms with van der Waals surface area (Å²) in [6.45, 7) is 0.682. The van der Waals surface area contributed by atoms with Gasteiger partial charge >= 0.3 is 0 Å². The lowest BCUT2D eigenvalue weighted by Gasteiger charge is -2.12. The van der Waals surface area contributed by atoms with Gasteiger partial charge in [-0.1, -0.05) is 6.07 Å². The maximum Gasteiger partial charge on any atom is 0.142 e. The predicted molar refractivity (Wildman–Crippen MR) is 99.6 cm³/mol. The van der Waals surface area contributed by atoms with Crippen molar-refractivity contribution in [1.82, 2.24) is 15.0 Å². The fourth-order valence-electron chi connectivity index (χ4n) is 2.83. The summed E-state index contributed by atoms with van der Waals surface area (Å²) in [5, 5.41) is 3.43. The molecule has 5 nitrogen and oxygen atoms in total. The monoisotopic (exact) mass is 330 g/mol. The van der Waals surface area contributed by atoms with Gasteiger partial charge in [0.1, 0.15) is 5.75 Å². The van der Waals surface area contributed by atoms with Crippen LogP contribution in [-0.2, 0) is 6.54 Å². The van der Waals surface area contributed by atoms with E-state index >= 15 is 0 Å². The van der Waals surface area contributed by atoms with E-state index in [9.17, 15) is 0 Å². The molecule has 2 N–H and O–H groups in total. The van der Waals surface area contributed by atoms with Crippen LogP contribution in [0.1, 0.15) is 5.56 Å². The molecule has 0 radical (unpaired) electrons. The standard InChI is InChI=1S/C20H18N4O/c1-25-20-7-6-15(17-11-18-16(24-17)5-3-9-22-18)10-19(20)23-13-14-4-2-8-21-12-14/h2-12,23-24H,13H2,1H3. The normalized spacial score (nSPS) is 10.8. The summed E-state index contributed by atoms with van der Waals surface area (Å²) in [5.74, 6) is 0.807. The van der Waals surface area contributed by atoms with Crippen LogP contribution in [0.5, 0.6) is 5.75 Å². The Bertz CT molecular complexity index is 962. The molecular formula is C20H18N4O. The Morgan fingerprint density at radius 2 is 2.00 bits per heavy atom. The van der Waals surface area contributed by atoms with Crippen LogP contribution in [-0.4, -0.2) is 22.1 Å². The third-order valence-electron chi connectivity index (χ3n) is 4.11. The third-order valence-corrected chi connectivity index (χ3v) is 4.11. The van der Waals surface area contributed by atoms with Gasteiger partial charge < -0.3 is 15.0 Å². The van der Waals surface area contributed by atoms with E-state index in [2.05, 4.69) is 32.4 Å². The van der Waals surface area contributed by atoms with Gasteiger partial charge in [-0.15, -0.1) is 0 Å². The van der Waals surface area contributed by atoms with Crippen molar-refractivity contribution in [2.75, 3.05) is 12.4 Å². The number of rotatable bonds is 5. The van der Waals surface area contributed by atoms with Crippen LogP contribution in [0.25, 0.3) is 22.3 Å². The minimum Gasteiger partial charge on any atom is -0.495 e. The van der Waals surface area contributed by atoms with Crippen LogP contribution >= 0.6 is 0 Å². The Labute approximate surface area is 145 Å². The molecule has 0 amide bonds. The molecule has 0 aliphatic heterocycles. The molecule has 124 valence electrons. The molecule has 3 aromatic heterocycles. The Balaban J connectivity index is 1.65. The lowest BCUT2D eigenvalue weighted by atomic mass is 10.1. The van der Waals surface area contributed by atoms with Crippen molar-refractivity contribution in [3.63, 3.8) is 0 Å². The summed E-state index contributed by atoms with van der Waals surface area (Å²) in [4.78, 5) is 11.9. The first-order valence-electron chi connectivity index (χ1n) is 8.08. The number of H-pyrrole nitrogens is 1. The fraction of sp³-hybridized carbons (Fsp3) is 0.100. The number of anilines is 1. The van der Waals surface area contributed by atoms with Crippen molar-refractivity contribution in [2.45, 2.75) is 6.54 Å². The lowest BCUT2D eigenvalue weighted by molar-refractivity contribution is 0.416. The molecule has 0 spiro atoms. The Morgan fingerprint density at radius 3 is 2.80 bits per heavy atom. The van der Waals surface area contributed by atoms with Gasteiger partial charge in [-0.05, 0) is 48.0 Å². The number of nitrogens with one attached hydrogen (secondary N) is 2. The zero-order valence-corrected chi connectivity index (χ0v) is 13.9. The van der Waals surface area contributed by atoms with E-state index in [1.165, 1.54) is 0 Å². The first-order chi connectivity index (χ1) is 12.3. The fourth-order valence-corrected chi connectivity index (χ4v) is 2.83. The van der Waals surface area contributed by atoms with Crippen LogP contribution < -0.4 is 10.1 Å². The number of hydrogen-bond acceptors (Lipinski definition) is 4. The highest BCUT2D eigenvalue weighted by Crippen LogP contribution is 2.31. The van der Waals surface area contributed by atoms with Crippen molar-refractivity contribution < 1.29 is 4.74 Å². The SMILES string of the molecule is COc1ccc(-c2cc3ncccc3[nH]2)cc1NCc1cccnc1. The number of methoxy groups -OCH3 is 1. The van der Waals surface area contributed by atoms with Gasteiger partial charge in [0.05, 0.1) is 23.8 Å². The van der Waals surface area contributed by atoms with Crippen molar-refractivity contribution in [2.24, 2.45) is 0 Å². The van der Waals surface area contributed by atoms with Crippen LogP contribution in [0.4, 0.5) is 5.69 Å². The molecule has 0 saturated carbocycles. The number of hydrogen-bond donors (Lipinski definition) is 2. The van der Waals surface area contributed by atoms with E-state index in [-0.39, 0.29) is 0 Å². The molecule has 3 heterocycles. The van der Waals surface area contributed by atoms with Crippen LogP contribution in [0.15, 0.2) is 67.1 Å². The van der Waals surface area contributed by atoms with Crippen molar-refractivity contribution in [1.29, 1.82) is 0 Å². The van der Waals surface area contributed by atoms with Crippen LogP contribution in [0.2, 0.25) is 0 Å². The van der Waals surface area contributed by atoms with Gasteiger partial charge in [0.2, 0.25) is 0 Å². The van der Waals surface area contributed by atoms with Gasteiger partial charge in [-0.3, -0.25) is 9.97 Å². The highest BCUT2D eigenvalue weighted by molar-refractivity contribution is 5.83. The number of aromatic amines is 1. The maximum absolute atomic E-state index is 5.48. The Morgan fingerprint density at radius 1 is 1.08 bits per heavy atom. The quantitative estimate of drug-likeness (QED) is 0.574. The number of nitrogens with zero attached hydrogens (tertiary/aromatic N) is 2. The van der Waals surface area contributed by atoms with Crippen LogP contribution in [0, 0.1) is 0 Å². The number of aromatic nitrogens is 3. The molecule has 5 heteroatoms. The minimum absolute atomic E-state index is 0.682. The molecule has 0 aliphatic carbocycles. The summed E-state index contributed by atoms with van der Waals surface area (Å²) >= 11 is 0. The molecular weight excluding hydrogens is 312 g/mol. The molecule has 0 saturated heterocycles.